The highest BCUT2D eigenvalue weighted by atomic mass is 79.9. The fourth-order valence-corrected chi connectivity index (χ4v) is 2.35. The number of rotatable bonds is 1. The molecule has 5 heteroatoms. The highest BCUT2D eigenvalue weighted by Crippen LogP contribution is 2.32. The van der Waals surface area contributed by atoms with Crippen molar-refractivity contribution in [3.63, 3.8) is 0 Å². The quantitative estimate of drug-likeness (QED) is 0.645. The zero-order chi connectivity index (χ0) is 12.6. The molecule has 0 atom stereocenters. The Morgan fingerprint density at radius 3 is 1.88 bits per heavy atom. The zero-order valence-electron chi connectivity index (χ0n) is 8.20. The third-order valence-corrected chi connectivity index (χ3v) is 2.96. The molecule has 2 aromatic carbocycles. The summed E-state index contributed by atoms with van der Waals surface area (Å²) < 4.78 is 27.7. The van der Waals surface area contributed by atoms with Gasteiger partial charge in [-0.25, -0.2) is 8.78 Å². The molecule has 1 radical (unpaired) electrons. The van der Waals surface area contributed by atoms with Gasteiger partial charge in [0.1, 0.15) is 11.6 Å². The summed E-state index contributed by atoms with van der Waals surface area (Å²) in [5.41, 5.74) is 0.118. The van der Waals surface area contributed by atoms with Crippen LogP contribution >= 0.6 is 39.1 Å². The average Bonchev–Trinajstić information content (AvgIpc) is 2.13. The van der Waals surface area contributed by atoms with Crippen molar-refractivity contribution in [1.29, 1.82) is 0 Å². The van der Waals surface area contributed by atoms with E-state index in [0.717, 1.165) is 0 Å². The maximum atomic E-state index is 13.7. The number of hydrogen-bond donors (Lipinski definition) is 0. The maximum Gasteiger partial charge on any atom is 0.135 e. The van der Waals surface area contributed by atoms with Crippen LogP contribution in [0.3, 0.4) is 0 Å². The molecule has 0 aromatic heterocycles. The molecule has 0 saturated heterocycles. The molecule has 17 heavy (non-hydrogen) atoms. The van der Waals surface area contributed by atoms with E-state index in [9.17, 15) is 8.78 Å². The summed E-state index contributed by atoms with van der Waals surface area (Å²) in [4.78, 5) is 0. The number of benzene rings is 2. The Kier molecular flexibility index (Phi) is 3.71. The van der Waals surface area contributed by atoms with Gasteiger partial charge in [-0.05, 0) is 29.8 Å². The Hall–Kier alpha value is -0.640. The third-order valence-electron chi connectivity index (χ3n) is 2.10. The molecular formula is C12H4BrCl2F2. The lowest BCUT2D eigenvalue weighted by Gasteiger charge is -2.07. The van der Waals surface area contributed by atoms with Gasteiger partial charge in [-0.15, -0.1) is 0 Å². The van der Waals surface area contributed by atoms with Crippen molar-refractivity contribution in [1.82, 2.24) is 0 Å². The van der Waals surface area contributed by atoms with Crippen molar-refractivity contribution >= 4 is 39.1 Å². The molecule has 0 saturated carbocycles. The third kappa shape index (κ3) is 2.79. The minimum atomic E-state index is -0.685. The SMILES string of the molecule is Fc1cc(Br)cc(F)c1-c1cc(Cl)[c]c(Cl)c1. The summed E-state index contributed by atoms with van der Waals surface area (Å²) in [6.07, 6.45) is 0. The molecule has 0 heterocycles. The molecule has 0 unspecified atom stereocenters. The fraction of sp³-hybridized carbons (Fsp3) is 0. The van der Waals surface area contributed by atoms with Gasteiger partial charge in [0.15, 0.2) is 0 Å². The second-order valence-electron chi connectivity index (χ2n) is 3.31. The molecule has 2 aromatic rings. The van der Waals surface area contributed by atoms with Crippen LogP contribution in [0.1, 0.15) is 0 Å². The van der Waals surface area contributed by atoms with Crippen LogP contribution in [0.2, 0.25) is 10.0 Å². The van der Waals surface area contributed by atoms with Gasteiger partial charge in [0.25, 0.3) is 0 Å². The van der Waals surface area contributed by atoms with Gasteiger partial charge >= 0.3 is 0 Å². The normalized spacial score (nSPS) is 10.6. The van der Waals surface area contributed by atoms with Crippen molar-refractivity contribution in [3.05, 3.63) is 56.5 Å². The summed E-state index contributed by atoms with van der Waals surface area (Å²) in [5.74, 6) is -1.37. The molecule has 0 aliphatic rings. The lowest BCUT2D eigenvalue weighted by Crippen LogP contribution is -1.90. The molecule has 0 nitrogen and oxygen atoms in total. The highest BCUT2D eigenvalue weighted by molar-refractivity contribution is 9.10. The Bertz CT molecular complexity index is 541. The largest absolute Gasteiger partial charge is 0.206 e. The van der Waals surface area contributed by atoms with E-state index in [1.807, 2.05) is 0 Å². The van der Waals surface area contributed by atoms with E-state index < -0.39 is 11.6 Å². The van der Waals surface area contributed by atoms with Crippen LogP contribution in [0.25, 0.3) is 11.1 Å². The van der Waals surface area contributed by atoms with E-state index in [1.54, 1.807) is 0 Å². The summed E-state index contributed by atoms with van der Waals surface area (Å²) in [6.45, 7) is 0. The molecule has 0 amide bonds. The molecule has 0 N–H and O–H groups in total. The van der Waals surface area contributed by atoms with Gasteiger partial charge in [-0.1, -0.05) is 39.1 Å². The Labute approximate surface area is 115 Å². The number of hydrogen-bond acceptors (Lipinski definition) is 0. The molecule has 87 valence electrons. The van der Waals surface area contributed by atoms with E-state index in [0.29, 0.717) is 4.47 Å². The van der Waals surface area contributed by atoms with E-state index in [1.165, 1.54) is 24.3 Å². The van der Waals surface area contributed by atoms with Crippen molar-refractivity contribution in [2.75, 3.05) is 0 Å². The first kappa shape index (κ1) is 12.8. The first-order valence-corrected chi connectivity index (χ1v) is 6.05. The van der Waals surface area contributed by atoms with Crippen molar-refractivity contribution in [2.45, 2.75) is 0 Å². The molecule has 2 rings (SSSR count). The molecule has 0 spiro atoms. The van der Waals surface area contributed by atoms with Crippen LogP contribution in [-0.2, 0) is 0 Å². The number of halogens is 5. The van der Waals surface area contributed by atoms with Crippen LogP contribution < -0.4 is 0 Å². The summed E-state index contributed by atoms with van der Waals surface area (Å²) >= 11 is 14.5. The summed E-state index contributed by atoms with van der Waals surface area (Å²) in [5, 5.41) is 0.406. The average molecular weight is 337 g/mol. The van der Waals surface area contributed by atoms with Crippen molar-refractivity contribution < 1.29 is 8.78 Å². The molecule has 0 aliphatic carbocycles. The monoisotopic (exact) mass is 335 g/mol. The van der Waals surface area contributed by atoms with Crippen LogP contribution in [-0.4, -0.2) is 0 Å². The van der Waals surface area contributed by atoms with Gasteiger partial charge in [-0.3, -0.25) is 0 Å². The topological polar surface area (TPSA) is 0 Å². The fourth-order valence-electron chi connectivity index (χ4n) is 1.46. The Morgan fingerprint density at radius 1 is 0.941 bits per heavy atom. The maximum absolute atomic E-state index is 13.7. The van der Waals surface area contributed by atoms with Crippen molar-refractivity contribution in [3.8, 4) is 11.1 Å². The predicted molar refractivity (Wildman–Crippen MR) is 68.4 cm³/mol. The van der Waals surface area contributed by atoms with Crippen molar-refractivity contribution in [2.24, 2.45) is 0 Å². The second-order valence-corrected chi connectivity index (χ2v) is 5.04. The molecular weight excluding hydrogens is 333 g/mol. The Morgan fingerprint density at radius 2 is 1.41 bits per heavy atom. The first-order valence-electron chi connectivity index (χ1n) is 4.50. The predicted octanol–water partition coefficient (Wildman–Crippen LogP) is 5.50. The van der Waals surface area contributed by atoms with E-state index in [2.05, 4.69) is 22.0 Å². The summed E-state index contributed by atoms with van der Waals surface area (Å²) in [7, 11) is 0. The van der Waals surface area contributed by atoms with Gasteiger partial charge in [-0.2, -0.15) is 0 Å². The van der Waals surface area contributed by atoms with E-state index >= 15 is 0 Å². The second kappa shape index (κ2) is 4.92. The first-order chi connectivity index (χ1) is 7.97. The van der Waals surface area contributed by atoms with E-state index in [-0.39, 0.29) is 21.2 Å². The van der Waals surface area contributed by atoms with Crippen LogP contribution in [0.4, 0.5) is 8.78 Å². The minimum Gasteiger partial charge on any atom is -0.206 e. The van der Waals surface area contributed by atoms with Gasteiger partial charge in [0, 0.05) is 10.5 Å². The van der Waals surface area contributed by atoms with E-state index in [4.69, 9.17) is 23.2 Å². The van der Waals surface area contributed by atoms with Gasteiger partial charge < -0.3 is 0 Å². The van der Waals surface area contributed by atoms with Crippen LogP contribution in [0.15, 0.2) is 28.7 Å². The van der Waals surface area contributed by atoms with Gasteiger partial charge in [0.05, 0.1) is 15.6 Å². The van der Waals surface area contributed by atoms with Crippen LogP contribution in [0, 0.1) is 17.7 Å². The molecule has 0 fully saturated rings. The smallest absolute Gasteiger partial charge is 0.135 e. The zero-order valence-corrected chi connectivity index (χ0v) is 11.3. The van der Waals surface area contributed by atoms with Crippen LogP contribution in [0.5, 0.6) is 0 Å². The lowest BCUT2D eigenvalue weighted by atomic mass is 10.0. The highest BCUT2D eigenvalue weighted by Gasteiger charge is 2.13. The molecule has 0 bridgehead atoms. The minimum absolute atomic E-state index is 0.161. The lowest BCUT2D eigenvalue weighted by molar-refractivity contribution is 0.588. The standard InChI is InChI=1S/C12H4BrCl2F2/c13-7-3-10(16)12(11(17)4-7)6-1-8(14)5-9(15)2-6/h1-4H. The molecule has 0 aliphatic heterocycles. The summed E-state index contributed by atoms with van der Waals surface area (Å²) in [6, 6.07) is 7.77. The van der Waals surface area contributed by atoms with Gasteiger partial charge in [0.2, 0.25) is 0 Å². The Balaban J connectivity index is 2.68.